The maximum atomic E-state index is 13.0. The Bertz CT molecular complexity index is 1020. The van der Waals surface area contributed by atoms with Crippen molar-refractivity contribution in [3.8, 4) is 5.75 Å². The summed E-state index contributed by atoms with van der Waals surface area (Å²) in [7, 11) is 0. The monoisotopic (exact) mass is 402 g/mol. The Labute approximate surface area is 177 Å². The normalized spacial score (nSPS) is 10.5. The molecule has 3 aromatic carbocycles. The van der Waals surface area contributed by atoms with Crippen LogP contribution in [0.15, 0.2) is 78.9 Å². The van der Waals surface area contributed by atoms with Crippen molar-refractivity contribution < 1.29 is 14.3 Å². The van der Waals surface area contributed by atoms with Crippen LogP contribution in [-0.2, 0) is 0 Å². The Hall–Kier alpha value is -3.60. The summed E-state index contributed by atoms with van der Waals surface area (Å²) >= 11 is 0. The fourth-order valence-corrected chi connectivity index (χ4v) is 3.12. The number of hydrogen-bond acceptors (Lipinski definition) is 3. The van der Waals surface area contributed by atoms with Gasteiger partial charge < -0.3 is 15.0 Å². The molecule has 0 bridgehead atoms. The average Bonchev–Trinajstić information content (AvgIpc) is 2.75. The summed E-state index contributed by atoms with van der Waals surface area (Å²) in [4.78, 5) is 27.4. The van der Waals surface area contributed by atoms with Gasteiger partial charge in [-0.05, 0) is 69.3 Å². The zero-order valence-electron chi connectivity index (χ0n) is 17.5. The predicted octanol–water partition coefficient (Wildman–Crippen LogP) is 5.39. The maximum Gasteiger partial charge on any atom is 0.258 e. The van der Waals surface area contributed by atoms with Crippen LogP contribution in [0.25, 0.3) is 0 Å². The number of benzene rings is 3. The van der Waals surface area contributed by atoms with Crippen molar-refractivity contribution >= 4 is 23.2 Å². The van der Waals surface area contributed by atoms with E-state index in [1.54, 1.807) is 47.4 Å². The van der Waals surface area contributed by atoms with Crippen LogP contribution in [0.2, 0.25) is 0 Å². The van der Waals surface area contributed by atoms with Gasteiger partial charge in [0.2, 0.25) is 0 Å². The fourth-order valence-electron chi connectivity index (χ4n) is 3.12. The van der Waals surface area contributed by atoms with Gasteiger partial charge in [-0.3, -0.25) is 9.59 Å². The smallest absolute Gasteiger partial charge is 0.258 e. The molecule has 5 nitrogen and oxygen atoms in total. The predicted molar refractivity (Wildman–Crippen MR) is 120 cm³/mol. The summed E-state index contributed by atoms with van der Waals surface area (Å²) in [6.45, 7) is 6.35. The molecule has 0 spiro atoms. The molecule has 0 aliphatic carbocycles. The van der Waals surface area contributed by atoms with Crippen LogP contribution in [0.3, 0.4) is 0 Å². The minimum absolute atomic E-state index is 0.0251. The van der Waals surface area contributed by atoms with Crippen LogP contribution in [0.5, 0.6) is 5.75 Å². The van der Waals surface area contributed by atoms with Crippen LogP contribution in [-0.4, -0.2) is 24.5 Å². The van der Waals surface area contributed by atoms with Crippen LogP contribution in [0, 0.1) is 0 Å². The number of nitrogens with one attached hydrogen (secondary N) is 1. The highest BCUT2D eigenvalue weighted by atomic mass is 16.5. The van der Waals surface area contributed by atoms with Crippen molar-refractivity contribution in [3.63, 3.8) is 0 Å². The summed E-state index contributed by atoms with van der Waals surface area (Å²) in [5.74, 6) is 0.263. The number of para-hydroxylation sites is 1. The van der Waals surface area contributed by atoms with Crippen molar-refractivity contribution in [2.24, 2.45) is 0 Å². The highest BCUT2D eigenvalue weighted by Crippen LogP contribution is 2.20. The number of anilines is 2. The highest BCUT2D eigenvalue weighted by Gasteiger charge is 2.17. The molecule has 0 fully saturated rings. The largest absolute Gasteiger partial charge is 0.491 e. The topological polar surface area (TPSA) is 58.6 Å². The van der Waals surface area contributed by atoms with E-state index in [-0.39, 0.29) is 17.9 Å². The lowest BCUT2D eigenvalue weighted by Gasteiger charge is -2.21. The molecule has 0 aliphatic rings. The Morgan fingerprint density at radius 2 is 1.60 bits per heavy atom. The summed E-state index contributed by atoms with van der Waals surface area (Å²) in [6, 6.07) is 23.5. The van der Waals surface area contributed by atoms with Gasteiger partial charge in [-0.1, -0.05) is 30.3 Å². The number of carbonyl (C=O) groups is 2. The molecule has 0 atom stereocenters. The van der Waals surface area contributed by atoms with E-state index in [2.05, 4.69) is 5.32 Å². The molecule has 0 aromatic heterocycles. The van der Waals surface area contributed by atoms with Crippen LogP contribution in [0.4, 0.5) is 11.4 Å². The van der Waals surface area contributed by atoms with Crippen molar-refractivity contribution in [2.75, 3.05) is 16.8 Å². The number of ether oxygens (including phenoxy) is 1. The van der Waals surface area contributed by atoms with Gasteiger partial charge in [0.15, 0.2) is 0 Å². The zero-order chi connectivity index (χ0) is 21.5. The molecule has 30 heavy (non-hydrogen) atoms. The molecule has 3 rings (SSSR count). The molecule has 3 aromatic rings. The SMILES string of the molecule is CCN(C(=O)c1cccc(NC(=O)c2cccc(OC(C)C)c2)c1)c1ccccc1. The Morgan fingerprint density at radius 1 is 0.900 bits per heavy atom. The number of hydrogen-bond donors (Lipinski definition) is 1. The lowest BCUT2D eigenvalue weighted by Crippen LogP contribution is -2.30. The van der Waals surface area contributed by atoms with Crippen molar-refractivity contribution in [1.82, 2.24) is 0 Å². The Morgan fingerprint density at radius 3 is 2.30 bits per heavy atom. The molecule has 0 radical (unpaired) electrons. The molecular formula is C25H26N2O3. The van der Waals surface area contributed by atoms with Crippen molar-refractivity contribution in [2.45, 2.75) is 26.9 Å². The van der Waals surface area contributed by atoms with Gasteiger partial charge in [-0.15, -0.1) is 0 Å². The fraction of sp³-hybridized carbons (Fsp3) is 0.200. The maximum absolute atomic E-state index is 13.0. The first kappa shape index (κ1) is 21.1. The second kappa shape index (κ2) is 9.74. The van der Waals surface area contributed by atoms with E-state index < -0.39 is 0 Å². The molecule has 5 heteroatoms. The third-order valence-electron chi connectivity index (χ3n) is 4.46. The molecule has 2 amide bonds. The van der Waals surface area contributed by atoms with E-state index in [1.807, 2.05) is 57.2 Å². The average molecular weight is 402 g/mol. The first-order valence-electron chi connectivity index (χ1n) is 10.0. The van der Waals surface area contributed by atoms with Crippen LogP contribution in [0.1, 0.15) is 41.5 Å². The summed E-state index contributed by atoms with van der Waals surface area (Å²) in [6.07, 6.45) is 0.0251. The minimum atomic E-state index is -0.260. The number of nitrogens with zero attached hydrogens (tertiary/aromatic N) is 1. The van der Waals surface area contributed by atoms with E-state index in [0.29, 0.717) is 29.1 Å². The summed E-state index contributed by atoms with van der Waals surface area (Å²) < 4.78 is 5.66. The third kappa shape index (κ3) is 5.26. The Kier molecular flexibility index (Phi) is 6.86. The second-order valence-electron chi connectivity index (χ2n) is 7.11. The second-order valence-corrected chi connectivity index (χ2v) is 7.11. The molecule has 154 valence electrons. The summed E-state index contributed by atoms with van der Waals surface area (Å²) in [5, 5.41) is 2.87. The van der Waals surface area contributed by atoms with Crippen LogP contribution < -0.4 is 15.0 Å². The minimum Gasteiger partial charge on any atom is -0.491 e. The lowest BCUT2D eigenvalue weighted by atomic mass is 10.1. The molecule has 0 unspecified atom stereocenters. The van der Waals surface area contributed by atoms with Gasteiger partial charge in [-0.25, -0.2) is 0 Å². The third-order valence-corrected chi connectivity index (χ3v) is 4.46. The highest BCUT2D eigenvalue weighted by molar-refractivity contribution is 6.08. The van der Waals surface area contributed by atoms with Gasteiger partial charge in [0.1, 0.15) is 5.75 Å². The molecular weight excluding hydrogens is 376 g/mol. The van der Waals surface area contributed by atoms with Gasteiger partial charge in [0.05, 0.1) is 6.10 Å². The van der Waals surface area contributed by atoms with E-state index in [4.69, 9.17) is 4.74 Å². The lowest BCUT2D eigenvalue weighted by molar-refractivity contribution is 0.0985. The van der Waals surface area contributed by atoms with Gasteiger partial charge in [-0.2, -0.15) is 0 Å². The summed E-state index contributed by atoms with van der Waals surface area (Å²) in [5.41, 5.74) is 2.39. The van der Waals surface area contributed by atoms with Gasteiger partial charge in [0.25, 0.3) is 11.8 Å². The standard InChI is InChI=1S/C25H26N2O3/c1-4-27(22-13-6-5-7-14-22)25(29)20-11-8-12-21(16-20)26-24(28)19-10-9-15-23(17-19)30-18(2)3/h5-18H,4H2,1-3H3,(H,26,28). The Balaban J connectivity index is 1.77. The number of rotatable bonds is 7. The van der Waals surface area contributed by atoms with E-state index in [0.717, 1.165) is 5.69 Å². The van der Waals surface area contributed by atoms with E-state index >= 15 is 0 Å². The van der Waals surface area contributed by atoms with Gasteiger partial charge in [0, 0.05) is 29.0 Å². The number of amides is 2. The zero-order valence-corrected chi connectivity index (χ0v) is 17.5. The molecule has 1 N–H and O–H groups in total. The molecule has 0 saturated heterocycles. The van der Waals surface area contributed by atoms with E-state index in [1.165, 1.54) is 0 Å². The van der Waals surface area contributed by atoms with Crippen molar-refractivity contribution in [3.05, 3.63) is 90.0 Å². The van der Waals surface area contributed by atoms with Gasteiger partial charge >= 0.3 is 0 Å². The first-order valence-corrected chi connectivity index (χ1v) is 10.0. The number of carbonyl (C=O) groups excluding carboxylic acids is 2. The first-order chi connectivity index (χ1) is 14.5. The molecule has 0 aliphatic heterocycles. The van der Waals surface area contributed by atoms with Crippen molar-refractivity contribution in [1.29, 1.82) is 0 Å². The van der Waals surface area contributed by atoms with Crippen LogP contribution >= 0.6 is 0 Å². The molecule has 0 saturated carbocycles. The van der Waals surface area contributed by atoms with E-state index in [9.17, 15) is 9.59 Å². The molecule has 0 heterocycles. The quantitative estimate of drug-likeness (QED) is 0.576.